The molecule has 0 radical (unpaired) electrons. The first-order valence-corrected chi connectivity index (χ1v) is 13.8. The van der Waals surface area contributed by atoms with Crippen LogP contribution in [0.15, 0.2) is 42.7 Å². The van der Waals surface area contributed by atoms with Gasteiger partial charge in [-0.05, 0) is 39.0 Å². The summed E-state index contributed by atoms with van der Waals surface area (Å²) >= 11 is 12.7. The molecule has 13 heteroatoms. The summed E-state index contributed by atoms with van der Waals surface area (Å²) in [4.78, 5) is 43.7. The maximum Gasteiger partial charge on any atom is 0.280 e. The highest BCUT2D eigenvalue weighted by Crippen LogP contribution is 2.55. The fourth-order valence-corrected chi connectivity index (χ4v) is 6.03. The number of benzene rings is 1. The molecule has 1 atom stereocenters. The third kappa shape index (κ3) is 3.94. The summed E-state index contributed by atoms with van der Waals surface area (Å²) in [5.74, 6) is -0.0852. The molecule has 0 fully saturated rings. The van der Waals surface area contributed by atoms with Crippen molar-refractivity contribution in [3.63, 3.8) is 0 Å². The molecular formula is C29H25Cl2FN6O4. The standard InChI is InChI=1S/C29H25Cl2FN6O4/c1-14(2)37-25-24(36-26(37)18-13-34-23(42-8-7-32)11-22(18)41-4)27(39)38(21-10-17(31)12-33-15(21)3)29(25)19-6-5-16(30)9-20(19)35-28(29)40/h5-6,9-14H,7-8H2,1-4H3,(H,35,40)/t29-/m0/s1. The number of carbonyl (C=O) groups excluding carboxylic acids is 2. The Kier molecular flexibility index (Phi) is 6.81. The lowest BCUT2D eigenvalue weighted by atomic mass is 9.87. The normalized spacial score (nSPS) is 17.2. The van der Waals surface area contributed by atoms with E-state index >= 15 is 0 Å². The van der Waals surface area contributed by atoms with Gasteiger partial charge in [-0.25, -0.2) is 14.4 Å². The molecule has 1 spiro atoms. The Hall–Kier alpha value is -4.22. The minimum absolute atomic E-state index is 0.0795. The van der Waals surface area contributed by atoms with Gasteiger partial charge in [-0.2, -0.15) is 0 Å². The topological polar surface area (TPSA) is 111 Å². The Balaban J connectivity index is 1.67. The first-order chi connectivity index (χ1) is 20.1. The van der Waals surface area contributed by atoms with E-state index in [0.717, 1.165) is 0 Å². The molecule has 2 amide bonds. The third-order valence-electron chi connectivity index (χ3n) is 7.36. The second-order valence-electron chi connectivity index (χ2n) is 10.1. The Labute approximate surface area is 250 Å². The van der Waals surface area contributed by atoms with Gasteiger partial charge in [-0.1, -0.05) is 29.3 Å². The van der Waals surface area contributed by atoms with Crippen molar-refractivity contribution in [2.24, 2.45) is 0 Å². The number of hydrogen-bond donors (Lipinski definition) is 1. The molecule has 0 aliphatic carbocycles. The van der Waals surface area contributed by atoms with Gasteiger partial charge in [0.25, 0.3) is 11.8 Å². The van der Waals surface area contributed by atoms with Crippen LogP contribution in [-0.4, -0.2) is 51.7 Å². The molecule has 5 heterocycles. The summed E-state index contributed by atoms with van der Waals surface area (Å²) in [6.45, 7) is 4.75. The van der Waals surface area contributed by atoms with Crippen molar-refractivity contribution in [3.05, 3.63) is 75.4 Å². The highest BCUT2D eigenvalue weighted by atomic mass is 35.5. The van der Waals surface area contributed by atoms with Gasteiger partial charge in [0, 0.05) is 40.8 Å². The summed E-state index contributed by atoms with van der Waals surface area (Å²) < 4.78 is 25.5. The van der Waals surface area contributed by atoms with Crippen molar-refractivity contribution in [2.75, 3.05) is 30.6 Å². The molecule has 4 aromatic rings. The van der Waals surface area contributed by atoms with Gasteiger partial charge in [-0.3, -0.25) is 19.5 Å². The maximum atomic E-state index is 14.5. The van der Waals surface area contributed by atoms with E-state index in [1.54, 1.807) is 31.2 Å². The molecular weight excluding hydrogens is 586 g/mol. The summed E-state index contributed by atoms with van der Waals surface area (Å²) in [6.07, 6.45) is 2.97. The van der Waals surface area contributed by atoms with Crippen LogP contribution >= 0.6 is 23.2 Å². The lowest BCUT2D eigenvalue weighted by molar-refractivity contribution is -0.119. The number of aryl methyl sites for hydroxylation is 1. The number of anilines is 2. The minimum atomic E-state index is -1.66. The number of halogens is 3. The van der Waals surface area contributed by atoms with E-state index in [-0.39, 0.29) is 24.2 Å². The zero-order valence-corrected chi connectivity index (χ0v) is 24.5. The highest BCUT2D eigenvalue weighted by molar-refractivity contribution is 6.32. The number of alkyl halides is 1. The van der Waals surface area contributed by atoms with E-state index in [1.807, 2.05) is 18.4 Å². The maximum absolute atomic E-state index is 14.5. The van der Waals surface area contributed by atoms with Crippen LogP contribution in [0, 0.1) is 6.92 Å². The molecule has 0 bridgehead atoms. The lowest BCUT2D eigenvalue weighted by Gasteiger charge is -2.36. The number of aromatic nitrogens is 4. The largest absolute Gasteiger partial charge is 0.496 e. The zero-order valence-electron chi connectivity index (χ0n) is 23.0. The molecule has 0 unspecified atom stereocenters. The van der Waals surface area contributed by atoms with Crippen LogP contribution in [-0.2, 0) is 10.3 Å². The molecule has 1 N–H and O–H groups in total. The number of ether oxygens (including phenoxy) is 2. The van der Waals surface area contributed by atoms with E-state index < -0.39 is 24.0 Å². The first-order valence-electron chi connectivity index (χ1n) is 13.1. The summed E-state index contributed by atoms with van der Waals surface area (Å²) in [5, 5.41) is 3.66. The van der Waals surface area contributed by atoms with Crippen molar-refractivity contribution >= 4 is 46.4 Å². The molecule has 0 saturated heterocycles. The molecule has 2 aliphatic heterocycles. The smallest absolute Gasteiger partial charge is 0.280 e. The van der Waals surface area contributed by atoms with Crippen molar-refractivity contribution in [1.82, 2.24) is 19.5 Å². The van der Waals surface area contributed by atoms with Crippen LogP contribution in [0.5, 0.6) is 11.6 Å². The third-order valence-corrected chi connectivity index (χ3v) is 7.80. The van der Waals surface area contributed by atoms with E-state index in [0.29, 0.717) is 55.5 Å². The first kappa shape index (κ1) is 27.9. The van der Waals surface area contributed by atoms with E-state index in [9.17, 15) is 14.0 Å². The van der Waals surface area contributed by atoms with Crippen molar-refractivity contribution in [2.45, 2.75) is 32.4 Å². The number of nitrogens with zero attached hydrogens (tertiary/aromatic N) is 5. The van der Waals surface area contributed by atoms with Crippen LogP contribution < -0.4 is 19.7 Å². The predicted octanol–water partition coefficient (Wildman–Crippen LogP) is 5.75. The number of methoxy groups -OCH3 is 1. The van der Waals surface area contributed by atoms with Crippen molar-refractivity contribution < 1.29 is 23.5 Å². The van der Waals surface area contributed by atoms with Crippen LogP contribution in [0.4, 0.5) is 15.8 Å². The average Bonchev–Trinajstić information content (AvgIpc) is 3.57. The monoisotopic (exact) mass is 610 g/mol. The molecule has 10 nitrogen and oxygen atoms in total. The number of imidazole rings is 1. The van der Waals surface area contributed by atoms with Crippen LogP contribution in [0.25, 0.3) is 11.4 Å². The Bertz CT molecular complexity index is 1780. The highest BCUT2D eigenvalue weighted by Gasteiger charge is 2.64. The second-order valence-corrected chi connectivity index (χ2v) is 11.0. The number of nitrogens with one attached hydrogen (secondary N) is 1. The number of hydrogen-bond acceptors (Lipinski definition) is 7. The SMILES string of the molecule is COc1cc(OCCF)ncc1-c1nc2c(n1C(C)C)[C@@]1(C(=O)Nc3cc(Cl)ccc31)N(c1cc(Cl)cnc1C)C2=O. The van der Waals surface area contributed by atoms with E-state index in [1.165, 1.54) is 30.5 Å². The Morgan fingerprint density at radius 1 is 1.10 bits per heavy atom. The number of amides is 2. The van der Waals surface area contributed by atoms with Gasteiger partial charge in [0.15, 0.2) is 11.2 Å². The minimum Gasteiger partial charge on any atom is -0.496 e. The number of rotatable bonds is 7. The van der Waals surface area contributed by atoms with Gasteiger partial charge in [-0.15, -0.1) is 0 Å². The lowest BCUT2D eigenvalue weighted by Crippen LogP contribution is -2.51. The summed E-state index contributed by atoms with van der Waals surface area (Å²) in [7, 11) is 1.47. The quantitative estimate of drug-likeness (QED) is 0.283. The fraction of sp³-hybridized carbons (Fsp3) is 0.276. The van der Waals surface area contributed by atoms with Crippen LogP contribution in [0.3, 0.4) is 0 Å². The van der Waals surface area contributed by atoms with Gasteiger partial charge < -0.3 is 19.4 Å². The van der Waals surface area contributed by atoms with Gasteiger partial charge in [0.2, 0.25) is 5.88 Å². The molecule has 6 rings (SSSR count). The fourth-order valence-electron chi connectivity index (χ4n) is 5.70. The van der Waals surface area contributed by atoms with Gasteiger partial charge in [0.05, 0.1) is 34.8 Å². The number of fused-ring (bicyclic) bond motifs is 4. The van der Waals surface area contributed by atoms with Crippen molar-refractivity contribution in [3.8, 4) is 23.0 Å². The summed E-state index contributed by atoms with van der Waals surface area (Å²) in [5.41, 5.74) is 1.11. The number of carbonyl (C=O) groups is 2. The average molecular weight is 611 g/mol. The molecule has 3 aromatic heterocycles. The zero-order chi connectivity index (χ0) is 29.9. The van der Waals surface area contributed by atoms with E-state index in [2.05, 4.69) is 15.3 Å². The number of pyridine rings is 2. The second kappa shape index (κ2) is 10.2. The molecule has 2 aliphatic rings. The molecule has 1 aromatic carbocycles. The molecule has 216 valence electrons. The predicted molar refractivity (Wildman–Crippen MR) is 156 cm³/mol. The Morgan fingerprint density at radius 3 is 2.60 bits per heavy atom. The van der Waals surface area contributed by atoms with Crippen molar-refractivity contribution in [1.29, 1.82) is 0 Å². The van der Waals surface area contributed by atoms with Crippen LogP contribution in [0.2, 0.25) is 10.0 Å². The molecule has 42 heavy (non-hydrogen) atoms. The summed E-state index contributed by atoms with van der Waals surface area (Å²) in [6, 6.07) is 7.91. The van der Waals surface area contributed by atoms with E-state index in [4.69, 9.17) is 37.7 Å². The van der Waals surface area contributed by atoms with Gasteiger partial charge >= 0.3 is 0 Å². The van der Waals surface area contributed by atoms with Crippen LogP contribution in [0.1, 0.15) is 47.3 Å². The molecule has 0 saturated carbocycles. The van der Waals surface area contributed by atoms with Gasteiger partial charge in [0.1, 0.15) is 24.9 Å². The Morgan fingerprint density at radius 2 is 1.88 bits per heavy atom.